The number of methoxy groups -OCH3 is 1. The number of hydrogen-bond donors (Lipinski definition) is 1. The minimum absolute atomic E-state index is 0.890. The maximum absolute atomic E-state index is 5.22. The van der Waals surface area contributed by atoms with Gasteiger partial charge in [-0.25, -0.2) is 4.68 Å². The Bertz CT molecular complexity index is 601. The van der Waals surface area contributed by atoms with Crippen molar-refractivity contribution >= 4 is 5.82 Å². The van der Waals surface area contributed by atoms with Gasteiger partial charge in [-0.3, -0.25) is 0 Å². The summed E-state index contributed by atoms with van der Waals surface area (Å²) in [6.07, 6.45) is 4.50. The molecule has 1 aliphatic rings. The van der Waals surface area contributed by atoms with Gasteiger partial charge in [0, 0.05) is 25.1 Å². The van der Waals surface area contributed by atoms with Gasteiger partial charge < -0.3 is 10.1 Å². The first-order valence-electron chi connectivity index (χ1n) is 7.77. The summed E-state index contributed by atoms with van der Waals surface area (Å²) < 4.78 is 7.33. The van der Waals surface area contributed by atoms with Crippen LogP contribution in [0.5, 0.6) is 5.75 Å². The Hall–Kier alpha value is -1.97. The van der Waals surface area contributed by atoms with Crippen molar-refractivity contribution < 1.29 is 4.74 Å². The van der Waals surface area contributed by atoms with Gasteiger partial charge in [-0.2, -0.15) is 5.10 Å². The molecule has 1 aromatic heterocycles. The summed E-state index contributed by atoms with van der Waals surface area (Å²) >= 11 is 0. The second-order valence-corrected chi connectivity index (χ2v) is 5.50. The molecule has 1 aromatic carbocycles. The zero-order valence-corrected chi connectivity index (χ0v) is 12.9. The SMILES string of the molecule is CCn1nc(Cc2ccc(OC)cc2)c2c1NCCCC2. The Morgan fingerprint density at radius 3 is 2.76 bits per heavy atom. The smallest absolute Gasteiger partial charge is 0.127 e. The predicted octanol–water partition coefficient (Wildman–Crippen LogP) is 3.25. The number of hydrogen-bond acceptors (Lipinski definition) is 3. The lowest BCUT2D eigenvalue weighted by Crippen LogP contribution is -2.07. The number of fused-ring (bicyclic) bond motifs is 1. The van der Waals surface area contributed by atoms with Gasteiger partial charge in [0.2, 0.25) is 0 Å². The van der Waals surface area contributed by atoms with Crippen LogP contribution in [0, 0.1) is 0 Å². The van der Waals surface area contributed by atoms with Crippen LogP contribution in [0.3, 0.4) is 0 Å². The summed E-state index contributed by atoms with van der Waals surface area (Å²) in [5.74, 6) is 2.14. The van der Waals surface area contributed by atoms with E-state index >= 15 is 0 Å². The van der Waals surface area contributed by atoms with Gasteiger partial charge in [0.25, 0.3) is 0 Å². The lowest BCUT2D eigenvalue weighted by molar-refractivity contribution is 0.414. The Morgan fingerprint density at radius 1 is 1.24 bits per heavy atom. The van der Waals surface area contributed by atoms with Crippen LogP contribution in [-0.2, 0) is 19.4 Å². The first-order chi connectivity index (χ1) is 10.3. The Kier molecular flexibility index (Phi) is 4.13. The zero-order valence-electron chi connectivity index (χ0n) is 12.9. The topological polar surface area (TPSA) is 39.1 Å². The molecule has 2 heterocycles. The average Bonchev–Trinajstić information content (AvgIpc) is 2.70. The fourth-order valence-corrected chi connectivity index (χ4v) is 2.95. The van der Waals surface area contributed by atoms with Crippen molar-refractivity contribution in [1.29, 1.82) is 0 Å². The van der Waals surface area contributed by atoms with Gasteiger partial charge >= 0.3 is 0 Å². The van der Waals surface area contributed by atoms with Crippen LogP contribution in [0.25, 0.3) is 0 Å². The first-order valence-corrected chi connectivity index (χ1v) is 7.77. The number of aryl methyl sites for hydroxylation is 1. The standard InChI is InChI=1S/C17H23N3O/c1-3-20-17-15(6-4-5-11-18-17)16(19-20)12-13-7-9-14(21-2)10-8-13/h7-10,18H,3-6,11-12H2,1-2H3. The quantitative estimate of drug-likeness (QED) is 0.937. The number of anilines is 1. The highest BCUT2D eigenvalue weighted by Gasteiger charge is 2.18. The van der Waals surface area contributed by atoms with E-state index < -0.39 is 0 Å². The Balaban J connectivity index is 1.88. The Labute approximate surface area is 126 Å². The van der Waals surface area contributed by atoms with Crippen LogP contribution < -0.4 is 10.1 Å². The molecular formula is C17H23N3O. The van der Waals surface area contributed by atoms with Crippen molar-refractivity contribution in [2.45, 2.75) is 39.2 Å². The normalized spacial score (nSPS) is 14.2. The van der Waals surface area contributed by atoms with Crippen molar-refractivity contribution in [3.05, 3.63) is 41.1 Å². The fraction of sp³-hybridized carbons (Fsp3) is 0.471. The third-order valence-corrected chi connectivity index (χ3v) is 4.11. The van der Waals surface area contributed by atoms with Gasteiger partial charge in [0.15, 0.2) is 0 Å². The molecule has 0 spiro atoms. The van der Waals surface area contributed by atoms with Gasteiger partial charge in [-0.05, 0) is 43.9 Å². The molecule has 112 valence electrons. The maximum Gasteiger partial charge on any atom is 0.127 e. The van der Waals surface area contributed by atoms with Gasteiger partial charge in [0.05, 0.1) is 12.8 Å². The zero-order chi connectivity index (χ0) is 14.7. The van der Waals surface area contributed by atoms with Crippen LogP contribution in [0.1, 0.15) is 36.6 Å². The maximum atomic E-state index is 5.22. The molecule has 0 saturated carbocycles. The highest BCUT2D eigenvalue weighted by Crippen LogP contribution is 2.27. The monoisotopic (exact) mass is 285 g/mol. The number of aromatic nitrogens is 2. The molecule has 0 bridgehead atoms. The molecule has 4 heteroatoms. The van der Waals surface area contributed by atoms with Crippen molar-refractivity contribution in [1.82, 2.24) is 9.78 Å². The summed E-state index contributed by atoms with van der Waals surface area (Å²) in [7, 11) is 1.70. The Morgan fingerprint density at radius 2 is 2.05 bits per heavy atom. The van der Waals surface area contributed by atoms with E-state index in [0.717, 1.165) is 31.7 Å². The molecule has 0 aliphatic carbocycles. The van der Waals surface area contributed by atoms with Crippen molar-refractivity contribution in [2.75, 3.05) is 19.0 Å². The third-order valence-electron chi connectivity index (χ3n) is 4.11. The molecule has 2 aromatic rings. The summed E-state index contributed by atoms with van der Waals surface area (Å²) in [6.45, 7) is 4.12. The van der Waals surface area contributed by atoms with E-state index in [9.17, 15) is 0 Å². The van der Waals surface area contributed by atoms with E-state index in [0.29, 0.717) is 0 Å². The molecule has 21 heavy (non-hydrogen) atoms. The minimum atomic E-state index is 0.890. The number of benzene rings is 1. The minimum Gasteiger partial charge on any atom is -0.497 e. The number of ether oxygens (including phenoxy) is 1. The van der Waals surface area contributed by atoms with Crippen LogP contribution in [-0.4, -0.2) is 23.4 Å². The van der Waals surface area contributed by atoms with E-state index in [2.05, 4.69) is 29.1 Å². The van der Waals surface area contributed by atoms with Crippen molar-refractivity contribution in [2.24, 2.45) is 0 Å². The molecule has 0 radical (unpaired) electrons. The summed E-state index contributed by atoms with van der Waals surface area (Å²) in [5, 5.41) is 8.36. The molecule has 3 rings (SSSR count). The largest absolute Gasteiger partial charge is 0.497 e. The molecule has 0 amide bonds. The number of rotatable bonds is 4. The highest BCUT2D eigenvalue weighted by molar-refractivity contribution is 5.50. The second kappa shape index (κ2) is 6.20. The van der Waals surface area contributed by atoms with Crippen LogP contribution in [0.4, 0.5) is 5.82 Å². The third kappa shape index (κ3) is 2.89. The van der Waals surface area contributed by atoms with Crippen molar-refractivity contribution in [3.8, 4) is 5.75 Å². The van der Waals surface area contributed by atoms with Crippen LogP contribution in [0.2, 0.25) is 0 Å². The first kappa shape index (κ1) is 14.0. The van der Waals surface area contributed by atoms with Crippen molar-refractivity contribution in [3.63, 3.8) is 0 Å². The molecule has 1 N–H and O–H groups in total. The van der Waals surface area contributed by atoms with E-state index in [1.165, 1.54) is 35.5 Å². The molecule has 0 saturated heterocycles. The predicted molar refractivity (Wildman–Crippen MR) is 85.1 cm³/mol. The summed E-state index contributed by atoms with van der Waals surface area (Å²) in [6, 6.07) is 8.28. The van der Waals surface area contributed by atoms with E-state index in [-0.39, 0.29) is 0 Å². The highest BCUT2D eigenvalue weighted by atomic mass is 16.5. The lowest BCUT2D eigenvalue weighted by atomic mass is 10.0. The number of nitrogens with one attached hydrogen (secondary N) is 1. The molecule has 0 fully saturated rings. The molecular weight excluding hydrogens is 262 g/mol. The van der Waals surface area contributed by atoms with E-state index in [1.807, 2.05) is 12.1 Å². The lowest BCUT2D eigenvalue weighted by Gasteiger charge is -2.06. The summed E-state index contributed by atoms with van der Waals surface area (Å²) in [5.41, 5.74) is 3.90. The van der Waals surface area contributed by atoms with Gasteiger partial charge in [-0.15, -0.1) is 0 Å². The molecule has 4 nitrogen and oxygen atoms in total. The van der Waals surface area contributed by atoms with Crippen LogP contribution in [0.15, 0.2) is 24.3 Å². The molecule has 0 unspecified atom stereocenters. The molecule has 0 atom stereocenters. The molecule has 1 aliphatic heterocycles. The second-order valence-electron chi connectivity index (χ2n) is 5.50. The van der Waals surface area contributed by atoms with Crippen LogP contribution >= 0.6 is 0 Å². The van der Waals surface area contributed by atoms with E-state index in [4.69, 9.17) is 9.84 Å². The van der Waals surface area contributed by atoms with Gasteiger partial charge in [-0.1, -0.05) is 12.1 Å². The average molecular weight is 285 g/mol. The fourth-order valence-electron chi connectivity index (χ4n) is 2.95. The van der Waals surface area contributed by atoms with Gasteiger partial charge in [0.1, 0.15) is 11.6 Å². The summed E-state index contributed by atoms with van der Waals surface area (Å²) in [4.78, 5) is 0. The number of nitrogens with zero attached hydrogens (tertiary/aromatic N) is 2. The van der Waals surface area contributed by atoms with E-state index in [1.54, 1.807) is 7.11 Å².